The van der Waals surface area contributed by atoms with E-state index in [1.54, 1.807) is 15.9 Å². The summed E-state index contributed by atoms with van der Waals surface area (Å²) in [5.41, 5.74) is 2.70. The molecule has 0 aliphatic carbocycles. The summed E-state index contributed by atoms with van der Waals surface area (Å²) in [6, 6.07) is 4.51. The fourth-order valence-electron chi connectivity index (χ4n) is 6.83. The van der Waals surface area contributed by atoms with E-state index in [0.29, 0.717) is 19.3 Å². The summed E-state index contributed by atoms with van der Waals surface area (Å²) in [7, 11) is 0. The molecule has 2 N–H and O–H groups in total. The highest BCUT2D eigenvalue weighted by atomic mass is 32.2. The Labute approximate surface area is 217 Å². The Bertz CT molecular complexity index is 1090. The van der Waals surface area contributed by atoms with Gasteiger partial charge in [0.1, 0.15) is 6.04 Å². The fourth-order valence-corrected chi connectivity index (χ4v) is 9.16. The third kappa shape index (κ3) is 3.97. The molecule has 8 heteroatoms. The van der Waals surface area contributed by atoms with E-state index in [1.165, 1.54) is 11.8 Å². The van der Waals surface area contributed by atoms with E-state index in [9.17, 15) is 24.6 Å². The first-order valence-electron chi connectivity index (χ1n) is 12.8. The van der Waals surface area contributed by atoms with Crippen LogP contribution in [0.5, 0.6) is 0 Å². The Kier molecular flexibility index (Phi) is 7.07. The molecule has 2 unspecified atom stereocenters. The maximum atomic E-state index is 14.6. The summed E-state index contributed by atoms with van der Waals surface area (Å²) in [5.74, 6) is -3.00. The number of carbonyl (C=O) groups excluding carboxylic acids is 2. The number of carbonyl (C=O) groups is 3. The fraction of sp³-hybridized carbons (Fsp3) is 0.607. The number of benzene rings is 1. The van der Waals surface area contributed by atoms with Gasteiger partial charge in [-0.3, -0.25) is 14.4 Å². The molecule has 4 rings (SSSR count). The van der Waals surface area contributed by atoms with Crippen molar-refractivity contribution in [2.75, 3.05) is 18.1 Å². The predicted molar refractivity (Wildman–Crippen MR) is 142 cm³/mol. The van der Waals surface area contributed by atoms with Crippen molar-refractivity contribution in [3.8, 4) is 0 Å². The number of nitrogens with zero attached hydrogens (tertiary/aromatic N) is 2. The topological polar surface area (TPSA) is 98.2 Å². The Morgan fingerprint density at radius 1 is 1.31 bits per heavy atom. The zero-order chi connectivity index (χ0) is 26.6. The van der Waals surface area contributed by atoms with Gasteiger partial charge in [-0.05, 0) is 63.1 Å². The second-order valence-electron chi connectivity index (χ2n) is 11.3. The molecular formula is C28H38N2O5S. The lowest BCUT2D eigenvalue weighted by molar-refractivity contribution is -0.150. The highest BCUT2D eigenvalue weighted by molar-refractivity contribution is 8.02. The highest BCUT2D eigenvalue weighted by Crippen LogP contribution is 2.71. The molecule has 1 aromatic rings. The van der Waals surface area contributed by atoms with Crippen molar-refractivity contribution in [2.24, 2.45) is 17.8 Å². The Balaban J connectivity index is 1.88. The molecule has 2 bridgehead atoms. The first kappa shape index (κ1) is 26.7. The van der Waals surface area contributed by atoms with E-state index in [4.69, 9.17) is 0 Å². The van der Waals surface area contributed by atoms with Gasteiger partial charge in [0.25, 0.3) is 5.91 Å². The Morgan fingerprint density at radius 2 is 2.00 bits per heavy atom. The van der Waals surface area contributed by atoms with Crippen LogP contribution in [0.4, 0.5) is 5.69 Å². The molecule has 3 aliphatic rings. The smallest absolute Gasteiger partial charge is 0.308 e. The largest absolute Gasteiger partial charge is 0.481 e. The van der Waals surface area contributed by atoms with Crippen molar-refractivity contribution in [1.29, 1.82) is 0 Å². The van der Waals surface area contributed by atoms with Gasteiger partial charge < -0.3 is 20.0 Å². The number of aliphatic carboxylic acids is 1. The predicted octanol–water partition coefficient (Wildman–Crippen LogP) is 3.80. The quantitative estimate of drug-likeness (QED) is 0.487. The number of aliphatic hydroxyl groups excluding tert-OH is 1. The molecule has 196 valence electrons. The van der Waals surface area contributed by atoms with Crippen molar-refractivity contribution in [3.05, 3.63) is 42.0 Å². The summed E-state index contributed by atoms with van der Waals surface area (Å²) < 4.78 is -1.44. The van der Waals surface area contributed by atoms with Crippen LogP contribution in [0.25, 0.3) is 0 Å². The summed E-state index contributed by atoms with van der Waals surface area (Å²) in [6.07, 6.45) is 3.43. The number of amides is 2. The number of carboxylic acid groups (broad SMARTS) is 1. The van der Waals surface area contributed by atoms with Crippen molar-refractivity contribution >= 4 is 35.2 Å². The summed E-state index contributed by atoms with van der Waals surface area (Å²) in [4.78, 5) is 44.5. The van der Waals surface area contributed by atoms with Gasteiger partial charge >= 0.3 is 5.97 Å². The lowest BCUT2D eigenvalue weighted by Crippen LogP contribution is -2.58. The van der Waals surface area contributed by atoms with Crippen LogP contribution < -0.4 is 4.90 Å². The third-order valence-corrected chi connectivity index (χ3v) is 10.3. The van der Waals surface area contributed by atoms with E-state index in [1.807, 2.05) is 52.8 Å². The maximum Gasteiger partial charge on any atom is 0.308 e. The molecule has 3 aliphatic heterocycles. The number of thioether (sulfide) groups is 1. The molecule has 3 saturated heterocycles. The number of likely N-dealkylation sites (tertiary alicyclic amines) is 1. The van der Waals surface area contributed by atoms with Crippen molar-refractivity contribution < 1.29 is 24.6 Å². The first-order chi connectivity index (χ1) is 16.9. The van der Waals surface area contributed by atoms with Gasteiger partial charge in [-0.15, -0.1) is 18.3 Å². The summed E-state index contributed by atoms with van der Waals surface area (Å²) in [5, 5.41) is 20.6. The van der Waals surface area contributed by atoms with E-state index in [0.717, 1.165) is 16.8 Å². The minimum absolute atomic E-state index is 0.184. The van der Waals surface area contributed by atoms with Crippen LogP contribution in [0.15, 0.2) is 30.9 Å². The molecule has 1 spiro atoms. The average Bonchev–Trinajstić information content (AvgIpc) is 3.38. The molecule has 0 radical (unpaired) electrons. The number of rotatable bonds is 9. The minimum atomic E-state index is -0.986. The van der Waals surface area contributed by atoms with Crippen LogP contribution in [-0.2, 0) is 14.4 Å². The molecule has 2 amide bonds. The molecule has 1 aromatic carbocycles. The van der Waals surface area contributed by atoms with E-state index in [-0.39, 0.29) is 30.9 Å². The third-order valence-electron chi connectivity index (χ3n) is 8.30. The normalized spacial score (nSPS) is 31.6. The van der Waals surface area contributed by atoms with Crippen LogP contribution in [0.1, 0.15) is 51.2 Å². The van der Waals surface area contributed by atoms with Crippen molar-refractivity contribution in [3.63, 3.8) is 0 Å². The molecule has 3 fully saturated rings. The van der Waals surface area contributed by atoms with Crippen LogP contribution in [0.2, 0.25) is 0 Å². The van der Waals surface area contributed by atoms with E-state index < -0.39 is 39.4 Å². The van der Waals surface area contributed by atoms with Crippen LogP contribution in [0.3, 0.4) is 0 Å². The molecule has 3 heterocycles. The monoisotopic (exact) mass is 514 g/mol. The van der Waals surface area contributed by atoms with Gasteiger partial charge in [0.15, 0.2) is 0 Å². The standard InChI is InChI=1S/C28H38N2O5S/c1-7-12-29(20-14-17(4)8-9-18(20)5)25(33)23-28-11-10-27(6,36-28)22(26(34)35)21(28)24(32)30(23)19(15-31)13-16(2)3/h7-9,14,16,19,21-23,31H,1,10-13,15H2,2-6H3,(H,34,35)/t19-,21+,22+,23?,27-,28?/m1/s1. The van der Waals surface area contributed by atoms with Crippen LogP contribution >= 0.6 is 11.8 Å². The SMILES string of the molecule is C=CCN(C(=O)C1N([C@@H](CO)CC(C)C)C(=O)[C@@H]2[C@@H](C(=O)O)[C@@]3(C)CCC12S3)c1cc(C)ccc1C. The number of hydrogen-bond acceptors (Lipinski definition) is 5. The van der Waals surface area contributed by atoms with Gasteiger partial charge in [-0.25, -0.2) is 0 Å². The minimum Gasteiger partial charge on any atom is -0.481 e. The number of carboxylic acids is 1. The maximum absolute atomic E-state index is 14.6. The van der Waals surface area contributed by atoms with Gasteiger partial charge in [0.2, 0.25) is 5.91 Å². The summed E-state index contributed by atoms with van der Waals surface area (Å²) >= 11 is 1.52. The van der Waals surface area contributed by atoms with Crippen LogP contribution in [-0.4, -0.2) is 67.6 Å². The second-order valence-corrected chi connectivity index (χ2v) is 13.2. The number of anilines is 1. The summed E-state index contributed by atoms with van der Waals surface area (Å²) in [6.45, 7) is 13.7. The zero-order valence-corrected chi connectivity index (χ0v) is 22.7. The number of aliphatic hydroxyl groups is 1. The van der Waals surface area contributed by atoms with Crippen molar-refractivity contribution in [2.45, 2.75) is 75.5 Å². The Hall–Kier alpha value is -2.32. The lowest BCUT2D eigenvalue weighted by Gasteiger charge is -2.40. The average molecular weight is 515 g/mol. The molecule has 0 aromatic heterocycles. The molecule has 6 atom stereocenters. The Morgan fingerprint density at radius 3 is 2.58 bits per heavy atom. The highest BCUT2D eigenvalue weighted by Gasteiger charge is 2.78. The molecule has 36 heavy (non-hydrogen) atoms. The second kappa shape index (κ2) is 9.53. The number of aryl methyl sites for hydroxylation is 2. The molecule has 0 saturated carbocycles. The number of fused-ring (bicyclic) bond motifs is 1. The van der Waals surface area contributed by atoms with Gasteiger partial charge in [-0.1, -0.05) is 32.1 Å². The van der Waals surface area contributed by atoms with Crippen molar-refractivity contribution in [1.82, 2.24) is 4.90 Å². The lowest BCUT2D eigenvalue weighted by atomic mass is 9.66. The van der Waals surface area contributed by atoms with Crippen LogP contribution in [0, 0.1) is 31.6 Å². The van der Waals surface area contributed by atoms with Gasteiger partial charge in [-0.2, -0.15) is 0 Å². The van der Waals surface area contributed by atoms with E-state index >= 15 is 0 Å². The molecular weight excluding hydrogens is 476 g/mol. The van der Waals surface area contributed by atoms with Gasteiger partial charge in [0.05, 0.1) is 29.2 Å². The zero-order valence-electron chi connectivity index (χ0n) is 21.9. The first-order valence-corrected chi connectivity index (χ1v) is 13.6. The van der Waals surface area contributed by atoms with Gasteiger partial charge in [0, 0.05) is 17.0 Å². The molecule has 7 nitrogen and oxygen atoms in total. The van der Waals surface area contributed by atoms with E-state index in [2.05, 4.69) is 6.58 Å². The number of hydrogen-bond donors (Lipinski definition) is 2.